The van der Waals surface area contributed by atoms with Gasteiger partial charge in [-0.05, 0) is 54.8 Å². The highest BCUT2D eigenvalue weighted by molar-refractivity contribution is 6.02. The molecule has 1 aliphatic rings. The molecule has 0 saturated heterocycles. The number of rotatable bonds is 6. The molecule has 138 valence electrons. The molecule has 0 radical (unpaired) electrons. The number of hydrogen-bond donors (Lipinski definition) is 3. The Bertz CT molecular complexity index is 884. The first-order chi connectivity index (χ1) is 13.0. The van der Waals surface area contributed by atoms with Crippen LogP contribution in [0.4, 0.5) is 11.4 Å². The summed E-state index contributed by atoms with van der Waals surface area (Å²) in [6.07, 6.45) is 4.97. The third-order valence-corrected chi connectivity index (χ3v) is 4.17. The summed E-state index contributed by atoms with van der Waals surface area (Å²) in [6.45, 7) is 0. The zero-order valence-electron chi connectivity index (χ0n) is 15.0. The Labute approximate surface area is 157 Å². The first kappa shape index (κ1) is 18.4. The Hall–Kier alpha value is -3.41. The molecule has 0 spiro atoms. The van der Waals surface area contributed by atoms with Crippen LogP contribution in [0.1, 0.15) is 28.8 Å². The summed E-state index contributed by atoms with van der Waals surface area (Å²) in [5, 5.41) is 8.18. The molecule has 27 heavy (non-hydrogen) atoms. The molecule has 0 aliphatic heterocycles. The molecule has 3 rings (SSSR count). The van der Waals surface area contributed by atoms with Crippen LogP contribution in [0.25, 0.3) is 6.08 Å². The van der Waals surface area contributed by atoms with Gasteiger partial charge in [-0.2, -0.15) is 0 Å². The lowest BCUT2D eigenvalue weighted by atomic mass is 10.1. The van der Waals surface area contributed by atoms with E-state index in [-0.39, 0.29) is 23.6 Å². The van der Waals surface area contributed by atoms with Crippen molar-refractivity contribution in [2.75, 3.05) is 17.7 Å². The highest BCUT2D eigenvalue weighted by Gasteiger charge is 2.29. The zero-order chi connectivity index (χ0) is 19.2. The van der Waals surface area contributed by atoms with Gasteiger partial charge in [-0.1, -0.05) is 18.2 Å². The maximum atomic E-state index is 12.1. The average Bonchev–Trinajstić information content (AvgIpc) is 3.52. The Morgan fingerprint density at radius 3 is 2.26 bits per heavy atom. The fraction of sp³-hybridized carbons (Fsp3) is 0.190. The van der Waals surface area contributed by atoms with Gasteiger partial charge in [0.25, 0.3) is 5.91 Å². The molecular weight excluding hydrogens is 342 g/mol. The van der Waals surface area contributed by atoms with E-state index in [2.05, 4.69) is 16.0 Å². The lowest BCUT2D eigenvalue weighted by Gasteiger charge is -2.07. The average molecular weight is 363 g/mol. The second-order valence-corrected chi connectivity index (χ2v) is 6.37. The van der Waals surface area contributed by atoms with Crippen LogP contribution in [-0.2, 0) is 9.59 Å². The van der Waals surface area contributed by atoms with E-state index >= 15 is 0 Å². The second kappa shape index (κ2) is 8.31. The molecule has 1 fully saturated rings. The van der Waals surface area contributed by atoms with E-state index in [0.29, 0.717) is 16.9 Å². The van der Waals surface area contributed by atoms with E-state index in [1.54, 1.807) is 61.7 Å². The van der Waals surface area contributed by atoms with Crippen LogP contribution in [0.15, 0.2) is 54.6 Å². The van der Waals surface area contributed by atoms with Gasteiger partial charge in [-0.15, -0.1) is 0 Å². The van der Waals surface area contributed by atoms with Crippen LogP contribution in [0.5, 0.6) is 0 Å². The molecule has 0 bridgehead atoms. The topological polar surface area (TPSA) is 87.3 Å². The number of nitrogens with one attached hydrogen (secondary N) is 3. The van der Waals surface area contributed by atoms with E-state index in [0.717, 1.165) is 18.4 Å². The number of anilines is 2. The van der Waals surface area contributed by atoms with Gasteiger partial charge >= 0.3 is 0 Å². The Kier molecular flexibility index (Phi) is 5.66. The number of carbonyl (C=O) groups excluding carboxylic acids is 3. The molecule has 3 amide bonds. The molecule has 2 aromatic rings. The lowest BCUT2D eigenvalue weighted by molar-refractivity contribution is -0.117. The zero-order valence-corrected chi connectivity index (χ0v) is 15.0. The summed E-state index contributed by atoms with van der Waals surface area (Å²) in [5.74, 6) is -0.285. The number of hydrogen-bond acceptors (Lipinski definition) is 3. The molecule has 0 heterocycles. The summed E-state index contributed by atoms with van der Waals surface area (Å²) in [5.41, 5.74) is 2.64. The quantitative estimate of drug-likeness (QED) is 0.690. The molecule has 2 aromatic carbocycles. The first-order valence-corrected chi connectivity index (χ1v) is 8.77. The van der Waals surface area contributed by atoms with Crippen molar-refractivity contribution in [2.45, 2.75) is 12.8 Å². The highest BCUT2D eigenvalue weighted by atomic mass is 16.2. The number of amides is 3. The Morgan fingerprint density at radius 2 is 1.63 bits per heavy atom. The maximum absolute atomic E-state index is 12.1. The van der Waals surface area contributed by atoms with Gasteiger partial charge in [0.15, 0.2) is 0 Å². The van der Waals surface area contributed by atoms with E-state index in [1.165, 1.54) is 6.08 Å². The van der Waals surface area contributed by atoms with Gasteiger partial charge < -0.3 is 16.0 Å². The van der Waals surface area contributed by atoms with E-state index in [4.69, 9.17) is 0 Å². The van der Waals surface area contributed by atoms with Gasteiger partial charge in [-0.25, -0.2) is 0 Å². The van der Waals surface area contributed by atoms with Crippen molar-refractivity contribution in [1.82, 2.24) is 5.32 Å². The largest absolute Gasteiger partial charge is 0.355 e. The SMILES string of the molecule is CNC(=O)c1ccc(/C=C/C(=O)Nc2cccc(NC(=O)C3CC3)c2)cc1. The van der Waals surface area contributed by atoms with Gasteiger partial charge in [0, 0.05) is 36.0 Å². The minimum atomic E-state index is -0.281. The summed E-state index contributed by atoms with van der Waals surface area (Å²) in [7, 11) is 1.58. The van der Waals surface area contributed by atoms with Crippen molar-refractivity contribution in [2.24, 2.45) is 5.92 Å². The third kappa shape index (κ3) is 5.28. The van der Waals surface area contributed by atoms with Gasteiger partial charge in [0.1, 0.15) is 0 Å². The molecule has 1 aliphatic carbocycles. The summed E-state index contributed by atoms with van der Waals surface area (Å²) in [6, 6.07) is 14.0. The van der Waals surface area contributed by atoms with Crippen molar-refractivity contribution in [3.63, 3.8) is 0 Å². The molecule has 6 nitrogen and oxygen atoms in total. The van der Waals surface area contributed by atoms with Crippen molar-refractivity contribution < 1.29 is 14.4 Å². The summed E-state index contributed by atoms with van der Waals surface area (Å²) in [4.78, 5) is 35.4. The van der Waals surface area contributed by atoms with E-state index in [9.17, 15) is 14.4 Å². The molecule has 0 unspecified atom stereocenters. The first-order valence-electron chi connectivity index (χ1n) is 8.77. The highest BCUT2D eigenvalue weighted by Crippen LogP contribution is 2.30. The maximum Gasteiger partial charge on any atom is 0.251 e. The normalized spacial score (nSPS) is 13.2. The monoisotopic (exact) mass is 363 g/mol. The predicted molar refractivity (Wildman–Crippen MR) is 105 cm³/mol. The van der Waals surface area contributed by atoms with Gasteiger partial charge in [0.05, 0.1) is 0 Å². The van der Waals surface area contributed by atoms with Crippen molar-refractivity contribution >= 4 is 35.2 Å². The van der Waals surface area contributed by atoms with Crippen molar-refractivity contribution in [3.8, 4) is 0 Å². The lowest BCUT2D eigenvalue weighted by Crippen LogP contribution is -2.17. The molecule has 3 N–H and O–H groups in total. The standard InChI is InChI=1S/C21H21N3O3/c1-22-20(26)15-8-5-14(6-9-15)7-12-19(25)23-17-3-2-4-18(13-17)24-21(27)16-10-11-16/h2-9,12-13,16H,10-11H2,1H3,(H,22,26)(H,23,25)(H,24,27)/b12-7+. The van der Waals surface area contributed by atoms with Crippen molar-refractivity contribution in [1.29, 1.82) is 0 Å². The van der Waals surface area contributed by atoms with Crippen LogP contribution in [0, 0.1) is 5.92 Å². The van der Waals surface area contributed by atoms with Crippen LogP contribution in [0.3, 0.4) is 0 Å². The van der Waals surface area contributed by atoms with Gasteiger partial charge in [0.2, 0.25) is 11.8 Å². The molecule has 6 heteroatoms. The van der Waals surface area contributed by atoms with Crippen LogP contribution in [-0.4, -0.2) is 24.8 Å². The summed E-state index contributed by atoms with van der Waals surface area (Å²) < 4.78 is 0. The second-order valence-electron chi connectivity index (χ2n) is 6.37. The molecular formula is C21H21N3O3. The fourth-order valence-electron chi connectivity index (χ4n) is 2.51. The minimum Gasteiger partial charge on any atom is -0.355 e. The molecule has 0 atom stereocenters. The van der Waals surface area contributed by atoms with Crippen molar-refractivity contribution in [3.05, 3.63) is 65.7 Å². The minimum absolute atomic E-state index is 0.0265. The fourth-order valence-corrected chi connectivity index (χ4v) is 2.51. The smallest absolute Gasteiger partial charge is 0.251 e. The number of benzene rings is 2. The Balaban J connectivity index is 1.57. The van der Waals surface area contributed by atoms with Crippen LogP contribution < -0.4 is 16.0 Å². The predicted octanol–water partition coefficient (Wildman–Crippen LogP) is 3.05. The van der Waals surface area contributed by atoms with E-state index < -0.39 is 0 Å². The Morgan fingerprint density at radius 1 is 0.963 bits per heavy atom. The molecule has 1 saturated carbocycles. The third-order valence-electron chi connectivity index (χ3n) is 4.17. The van der Waals surface area contributed by atoms with Crippen LogP contribution in [0.2, 0.25) is 0 Å². The summed E-state index contributed by atoms with van der Waals surface area (Å²) >= 11 is 0. The van der Waals surface area contributed by atoms with Gasteiger partial charge in [-0.3, -0.25) is 14.4 Å². The molecule has 0 aromatic heterocycles. The van der Waals surface area contributed by atoms with Crippen LogP contribution >= 0.6 is 0 Å². The number of carbonyl (C=O) groups is 3. The van der Waals surface area contributed by atoms with E-state index in [1.807, 2.05) is 0 Å².